The van der Waals surface area contributed by atoms with Crippen LogP contribution >= 0.6 is 0 Å². The molecule has 0 aromatic carbocycles. The molecule has 0 rings (SSSR count). The lowest BCUT2D eigenvalue weighted by atomic mass is 9.61. The maximum Gasteiger partial charge on any atom is 0.319 e. The number of carbonyl (C=O) groups is 2. The second-order valence-electron chi connectivity index (χ2n) is 4.41. The van der Waals surface area contributed by atoms with Crippen molar-refractivity contribution < 1.29 is 14.7 Å². The predicted molar refractivity (Wildman–Crippen MR) is 81.0 cm³/mol. The van der Waals surface area contributed by atoms with Gasteiger partial charge in [0.1, 0.15) is 10.8 Å². The molecule has 0 aliphatic rings. The lowest BCUT2D eigenvalue weighted by molar-refractivity contribution is -0.150. The van der Waals surface area contributed by atoms with Crippen LogP contribution in [-0.4, -0.2) is 17.0 Å². The minimum absolute atomic E-state index is 0.715. The first-order chi connectivity index (χ1) is 9.38. The smallest absolute Gasteiger partial charge is 0.319 e. The van der Waals surface area contributed by atoms with Crippen LogP contribution < -0.4 is 5.73 Å². The summed E-state index contributed by atoms with van der Waals surface area (Å²) in [5.74, 6) is -1.85. The highest BCUT2D eigenvalue weighted by Crippen LogP contribution is 2.45. The lowest BCUT2D eigenvalue weighted by Gasteiger charge is -2.38. The molecule has 0 spiro atoms. The molecule has 0 radical (unpaired) electrons. The summed E-state index contributed by atoms with van der Waals surface area (Å²) < 4.78 is 0. The number of carboxylic acids is 1. The van der Waals surface area contributed by atoms with Gasteiger partial charge in [0.25, 0.3) is 0 Å². The van der Waals surface area contributed by atoms with E-state index < -0.39 is 22.7 Å². The van der Waals surface area contributed by atoms with Crippen LogP contribution in [0.3, 0.4) is 0 Å². The third kappa shape index (κ3) is 2.90. The van der Waals surface area contributed by atoms with Gasteiger partial charge in [-0.25, -0.2) is 0 Å². The van der Waals surface area contributed by atoms with Crippen LogP contribution in [0.1, 0.15) is 27.7 Å². The van der Waals surface area contributed by atoms with Gasteiger partial charge >= 0.3 is 5.97 Å². The number of aliphatic carboxylic acids is 1. The standard InChI is InChI=1S/C16H23NO3/c1-5-9-15(10-6-2,13(17)18)16(11-7-3,12-8-4)14(19)20/h5-12H,1-4H3,(H2,17,18)(H,19,20)/b9-5-,10-6-,11-7-,12-8-. The summed E-state index contributed by atoms with van der Waals surface area (Å²) in [6, 6.07) is 0. The predicted octanol–water partition coefficient (Wildman–Crippen LogP) is 2.83. The molecule has 4 heteroatoms. The Hall–Kier alpha value is -2.10. The Morgan fingerprint density at radius 2 is 1.10 bits per heavy atom. The summed E-state index contributed by atoms with van der Waals surface area (Å²) in [5.41, 5.74) is 2.54. The summed E-state index contributed by atoms with van der Waals surface area (Å²) in [5, 5.41) is 9.75. The van der Waals surface area contributed by atoms with Crippen LogP contribution in [0.4, 0.5) is 0 Å². The number of rotatable bonds is 7. The molecule has 3 N–H and O–H groups in total. The molecular formula is C16H23NO3. The topological polar surface area (TPSA) is 80.4 Å². The SMILES string of the molecule is C/C=C\C(/C=C\C)(C(N)=O)C(/C=C\C)(/C=C\C)C(=O)O. The van der Waals surface area contributed by atoms with Crippen LogP contribution in [0.2, 0.25) is 0 Å². The fraction of sp³-hybridized carbons (Fsp3) is 0.375. The second kappa shape index (κ2) is 7.48. The van der Waals surface area contributed by atoms with E-state index in [9.17, 15) is 14.7 Å². The normalized spacial score (nSPS) is 14.0. The Morgan fingerprint density at radius 3 is 1.30 bits per heavy atom. The molecule has 0 bridgehead atoms. The number of carbonyl (C=O) groups excluding carboxylic acids is 1. The van der Waals surface area contributed by atoms with Crippen LogP contribution in [0.15, 0.2) is 48.6 Å². The summed E-state index contributed by atoms with van der Waals surface area (Å²) in [4.78, 5) is 24.0. The van der Waals surface area contributed by atoms with E-state index in [1.807, 2.05) is 0 Å². The van der Waals surface area contributed by atoms with Gasteiger partial charge in [0.15, 0.2) is 0 Å². The summed E-state index contributed by atoms with van der Waals surface area (Å²) in [7, 11) is 0. The number of nitrogens with two attached hydrogens (primary N) is 1. The van der Waals surface area contributed by atoms with E-state index in [1.54, 1.807) is 52.0 Å². The van der Waals surface area contributed by atoms with E-state index in [-0.39, 0.29) is 0 Å². The number of amides is 1. The van der Waals surface area contributed by atoms with Gasteiger partial charge in [-0.1, -0.05) is 48.6 Å². The molecule has 0 fully saturated rings. The van der Waals surface area contributed by atoms with Gasteiger partial charge in [-0.3, -0.25) is 9.59 Å². The molecular weight excluding hydrogens is 254 g/mol. The van der Waals surface area contributed by atoms with E-state index in [4.69, 9.17) is 5.73 Å². The molecule has 0 saturated heterocycles. The summed E-state index contributed by atoms with van der Waals surface area (Å²) in [6.45, 7) is 6.86. The van der Waals surface area contributed by atoms with Crippen molar-refractivity contribution in [3.63, 3.8) is 0 Å². The zero-order chi connectivity index (χ0) is 15.8. The second-order valence-corrected chi connectivity index (χ2v) is 4.41. The first kappa shape index (κ1) is 17.9. The van der Waals surface area contributed by atoms with Gasteiger partial charge in [0.05, 0.1) is 0 Å². The maximum atomic E-state index is 12.1. The molecule has 0 unspecified atom stereocenters. The lowest BCUT2D eigenvalue weighted by Crippen LogP contribution is -2.51. The van der Waals surface area contributed by atoms with Crippen LogP contribution in [0, 0.1) is 10.8 Å². The summed E-state index contributed by atoms with van der Waals surface area (Å²) in [6.07, 6.45) is 12.5. The number of hydrogen-bond donors (Lipinski definition) is 2. The molecule has 110 valence electrons. The first-order valence-corrected chi connectivity index (χ1v) is 6.47. The van der Waals surface area contributed by atoms with Gasteiger partial charge in [0, 0.05) is 0 Å². The molecule has 0 aliphatic carbocycles. The van der Waals surface area contributed by atoms with Crippen LogP contribution in [-0.2, 0) is 9.59 Å². The minimum atomic E-state index is -1.55. The molecule has 1 amide bonds. The Morgan fingerprint density at radius 1 is 0.800 bits per heavy atom. The van der Waals surface area contributed by atoms with Crippen molar-refractivity contribution in [3.8, 4) is 0 Å². The Balaban J connectivity index is 6.71. The third-order valence-corrected chi connectivity index (χ3v) is 3.16. The van der Waals surface area contributed by atoms with Gasteiger partial charge in [-0.15, -0.1) is 0 Å². The first-order valence-electron chi connectivity index (χ1n) is 6.47. The average molecular weight is 277 g/mol. The van der Waals surface area contributed by atoms with Crippen LogP contribution in [0.5, 0.6) is 0 Å². The zero-order valence-corrected chi connectivity index (χ0v) is 12.5. The Bertz CT molecular complexity index is 402. The van der Waals surface area contributed by atoms with E-state index in [0.717, 1.165) is 0 Å². The number of hydrogen-bond acceptors (Lipinski definition) is 2. The highest BCUT2D eigenvalue weighted by atomic mass is 16.4. The van der Waals surface area contributed by atoms with Gasteiger partial charge < -0.3 is 10.8 Å². The van der Waals surface area contributed by atoms with Crippen molar-refractivity contribution in [3.05, 3.63) is 48.6 Å². The molecule has 0 saturated carbocycles. The van der Waals surface area contributed by atoms with Crippen molar-refractivity contribution >= 4 is 11.9 Å². The van der Waals surface area contributed by atoms with E-state index in [0.29, 0.717) is 0 Å². The van der Waals surface area contributed by atoms with Gasteiger partial charge in [-0.05, 0) is 27.7 Å². The molecule has 0 aromatic rings. The third-order valence-electron chi connectivity index (χ3n) is 3.16. The molecule has 20 heavy (non-hydrogen) atoms. The number of primary amides is 1. The van der Waals surface area contributed by atoms with Crippen molar-refractivity contribution in [2.45, 2.75) is 27.7 Å². The average Bonchev–Trinajstić information content (AvgIpc) is 2.37. The molecule has 0 aromatic heterocycles. The van der Waals surface area contributed by atoms with Gasteiger partial charge in [0.2, 0.25) is 5.91 Å². The van der Waals surface area contributed by atoms with Crippen molar-refractivity contribution in [2.75, 3.05) is 0 Å². The molecule has 0 aliphatic heterocycles. The molecule has 4 nitrogen and oxygen atoms in total. The van der Waals surface area contributed by atoms with Crippen LogP contribution in [0.25, 0.3) is 0 Å². The van der Waals surface area contributed by atoms with E-state index in [2.05, 4.69) is 0 Å². The summed E-state index contributed by atoms with van der Waals surface area (Å²) >= 11 is 0. The van der Waals surface area contributed by atoms with Crippen molar-refractivity contribution in [1.29, 1.82) is 0 Å². The van der Waals surface area contributed by atoms with E-state index in [1.165, 1.54) is 24.3 Å². The highest BCUT2D eigenvalue weighted by molar-refractivity contribution is 5.96. The fourth-order valence-corrected chi connectivity index (χ4v) is 2.40. The molecule has 0 atom stereocenters. The van der Waals surface area contributed by atoms with Crippen molar-refractivity contribution in [2.24, 2.45) is 16.6 Å². The largest absolute Gasteiger partial charge is 0.480 e. The van der Waals surface area contributed by atoms with Crippen molar-refractivity contribution in [1.82, 2.24) is 0 Å². The number of carboxylic acid groups (broad SMARTS) is 1. The highest BCUT2D eigenvalue weighted by Gasteiger charge is 2.54. The Labute approximate surface area is 120 Å². The number of allylic oxidation sites excluding steroid dienone is 4. The molecule has 0 heterocycles. The van der Waals surface area contributed by atoms with E-state index >= 15 is 0 Å². The fourth-order valence-electron chi connectivity index (χ4n) is 2.40. The monoisotopic (exact) mass is 277 g/mol. The van der Waals surface area contributed by atoms with Gasteiger partial charge in [-0.2, -0.15) is 0 Å². The minimum Gasteiger partial charge on any atom is -0.480 e. The Kier molecular flexibility index (Phi) is 6.69. The quantitative estimate of drug-likeness (QED) is 0.702. The maximum absolute atomic E-state index is 12.1. The zero-order valence-electron chi connectivity index (χ0n) is 12.5.